The van der Waals surface area contributed by atoms with Gasteiger partial charge in [0.05, 0.1) is 11.1 Å². The van der Waals surface area contributed by atoms with Gasteiger partial charge in [0, 0.05) is 19.8 Å². The summed E-state index contributed by atoms with van der Waals surface area (Å²) >= 11 is 0. The highest BCUT2D eigenvalue weighted by molar-refractivity contribution is 6.04. The van der Waals surface area contributed by atoms with E-state index in [0.29, 0.717) is 16.0 Å². The van der Waals surface area contributed by atoms with Crippen molar-refractivity contribution >= 4 is 11.6 Å². The number of amides is 1. The highest BCUT2D eigenvalue weighted by atomic mass is 19.4. The summed E-state index contributed by atoms with van der Waals surface area (Å²) in [6, 6.07) is 5.57. The van der Waals surface area contributed by atoms with Crippen LogP contribution in [0.3, 0.4) is 0 Å². The number of nitrogens with one attached hydrogen (secondary N) is 2. The van der Waals surface area contributed by atoms with Gasteiger partial charge in [-0.25, -0.2) is 8.78 Å². The van der Waals surface area contributed by atoms with Gasteiger partial charge in [0.1, 0.15) is 35.7 Å². The normalized spacial score (nSPS) is 18.4. The lowest BCUT2D eigenvalue weighted by Crippen LogP contribution is -2.59. The van der Waals surface area contributed by atoms with Crippen molar-refractivity contribution in [2.45, 2.75) is 90.1 Å². The van der Waals surface area contributed by atoms with Crippen LogP contribution in [0.25, 0.3) is 0 Å². The lowest BCUT2D eigenvalue weighted by atomic mass is 9.38. The molecule has 1 amide bonds. The SMILES string of the molecule is Cn1cnnc1C1(c2ccc(F)c(NC(=O)c3cc(CNCCC(C)(C)F)cn(CC(F)(F)F)c3=O)c2)CC2(CC(C)(C)C2)C1. The number of rotatable bonds is 10. The minimum atomic E-state index is -4.73. The Morgan fingerprint density at radius 1 is 1.07 bits per heavy atom. The average molecular weight is 635 g/mol. The molecule has 0 bridgehead atoms. The van der Waals surface area contributed by atoms with Crippen LogP contribution in [0.4, 0.5) is 27.6 Å². The van der Waals surface area contributed by atoms with Crippen molar-refractivity contribution in [2.75, 3.05) is 11.9 Å². The second-order valence-electron chi connectivity index (χ2n) is 14.3. The van der Waals surface area contributed by atoms with Crippen molar-refractivity contribution in [3.8, 4) is 0 Å². The van der Waals surface area contributed by atoms with E-state index in [-0.39, 0.29) is 41.6 Å². The number of anilines is 1. The number of benzene rings is 1. The summed E-state index contributed by atoms with van der Waals surface area (Å²) in [5.74, 6) is -1.09. The Bertz CT molecular complexity index is 1640. The summed E-state index contributed by atoms with van der Waals surface area (Å²) in [7, 11) is 1.84. The zero-order valence-electron chi connectivity index (χ0n) is 26.1. The fourth-order valence-corrected chi connectivity index (χ4v) is 7.66. The maximum Gasteiger partial charge on any atom is 0.406 e. The molecule has 13 heteroatoms. The summed E-state index contributed by atoms with van der Waals surface area (Å²) in [6.07, 6.45) is 1.67. The molecule has 2 saturated carbocycles. The number of carbonyl (C=O) groups is 1. The summed E-state index contributed by atoms with van der Waals surface area (Å²) in [5, 5.41) is 13.8. The van der Waals surface area contributed by atoms with E-state index in [1.807, 2.05) is 11.6 Å². The number of halogens is 5. The van der Waals surface area contributed by atoms with Crippen molar-refractivity contribution < 1.29 is 26.7 Å². The molecule has 45 heavy (non-hydrogen) atoms. The predicted molar refractivity (Wildman–Crippen MR) is 159 cm³/mol. The maximum absolute atomic E-state index is 15.2. The van der Waals surface area contributed by atoms with Crippen LogP contribution in [-0.2, 0) is 25.6 Å². The molecular weight excluding hydrogens is 595 g/mol. The number of nitrogens with zero attached hydrogens (tertiary/aromatic N) is 4. The fourth-order valence-electron chi connectivity index (χ4n) is 7.66. The highest BCUT2D eigenvalue weighted by Crippen LogP contribution is 2.71. The third-order valence-electron chi connectivity index (χ3n) is 8.93. The van der Waals surface area contributed by atoms with E-state index in [9.17, 15) is 27.2 Å². The standard InChI is InChI=1S/C32H39F5N6O2/c1-28(2)14-30(15-28)16-31(17-30,27-41-39-19-42(27)5)21-6-7-23(33)24(11-21)40-25(44)22-10-20(12-38-9-8-29(3,4)34)13-43(26(22)45)18-32(35,36)37/h6-7,10-11,13,19,38H,8-9,12,14-18H2,1-5H3,(H,40,44). The van der Waals surface area contributed by atoms with Gasteiger partial charge >= 0.3 is 6.18 Å². The Balaban J connectivity index is 1.44. The molecule has 244 valence electrons. The highest BCUT2D eigenvalue weighted by Gasteiger charge is 2.64. The number of aryl methyl sites for hydroxylation is 1. The van der Waals surface area contributed by atoms with Gasteiger partial charge < -0.3 is 19.8 Å². The zero-order chi connectivity index (χ0) is 33.0. The topological polar surface area (TPSA) is 93.8 Å². The van der Waals surface area contributed by atoms with Crippen LogP contribution < -0.4 is 16.2 Å². The van der Waals surface area contributed by atoms with Gasteiger partial charge in [-0.1, -0.05) is 19.9 Å². The Labute approximate surface area is 258 Å². The number of pyridine rings is 1. The third kappa shape index (κ3) is 6.97. The minimum Gasteiger partial charge on any atom is -0.320 e. The third-order valence-corrected chi connectivity index (χ3v) is 8.93. The molecule has 1 spiro atoms. The molecular formula is C32H39F5N6O2. The summed E-state index contributed by atoms with van der Waals surface area (Å²) in [5.41, 5.74) is -2.68. The molecule has 2 N–H and O–H groups in total. The van der Waals surface area contributed by atoms with Gasteiger partial charge in [-0.05, 0) is 92.7 Å². The molecule has 0 unspecified atom stereocenters. The van der Waals surface area contributed by atoms with Crippen LogP contribution >= 0.6 is 0 Å². The zero-order valence-corrected chi connectivity index (χ0v) is 26.1. The average Bonchev–Trinajstić information content (AvgIpc) is 3.31. The van der Waals surface area contributed by atoms with Crippen molar-refractivity contribution in [2.24, 2.45) is 17.9 Å². The molecule has 8 nitrogen and oxygen atoms in total. The molecule has 2 heterocycles. The van der Waals surface area contributed by atoms with Gasteiger partial charge in [-0.2, -0.15) is 13.2 Å². The lowest BCUT2D eigenvalue weighted by Gasteiger charge is -2.66. The van der Waals surface area contributed by atoms with Gasteiger partial charge in [0.2, 0.25) is 0 Å². The monoisotopic (exact) mass is 634 g/mol. The van der Waals surface area contributed by atoms with Crippen LogP contribution in [0, 0.1) is 16.6 Å². The largest absolute Gasteiger partial charge is 0.406 e. The number of carbonyl (C=O) groups excluding carboxylic acids is 1. The Hall–Kier alpha value is -3.61. The first-order chi connectivity index (χ1) is 20.8. The Morgan fingerprint density at radius 2 is 1.76 bits per heavy atom. The van der Waals surface area contributed by atoms with Crippen molar-refractivity contribution in [1.82, 2.24) is 24.6 Å². The summed E-state index contributed by atoms with van der Waals surface area (Å²) in [6.45, 7) is 5.85. The Morgan fingerprint density at radius 3 is 2.33 bits per heavy atom. The van der Waals surface area contributed by atoms with Gasteiger partial charge in [-0.15, -0.1) is 10.2 Å². The predicted octanol–water partition coefficient (Wildman–Crippen LogP) is 6.04. The molecule has 2 aromatic heterocycles. The second-order valence-corrected chi connectivity index (χ2v) is 14.3. The van der Waals surface area contributed by atoms with Gasteiger partial charge in [0.25, 0.3) is 11.5 Å². The van der Waals surface area contributed by atoms with E-state index in [1.165, 1.54) is 32.0 Å². The summed E-state index contributed by atoms with van der Waals surface area (Å²) in [4.78, 5) is 26.4. The van der Waals surface area contributed by atoms with E-state index in [1.54, 1.807) is 12.4 Å². The van der Waals surface area contributed by atoms with Crippen LogP contribution in [0.1, 0.15) is 87.1 Å². The second kappa shape index (κ2) is 11.3. The van der Waals surface area contributed by atoms with E-state index in [2.05, 4.69) is 34.7 Å². The van der Waals surface area contributed by atoms with Crippen molar-refractivity contribution in [3.05, 3.63) is 75.5 Å². The molecule has 0 saturated heterocycles. The van der Waals surface area contributed by atoms with Crippen LogP contribution in [-0.4, -0.2) is 43.6 Å². The molecule has 2 aliphatic carbocycles. The van der Waals surface area contributed by atoms with Crippen molar-refractivity contribution in [1.29, 1.82) is 0 Å². The van der Waals surface area contributed by atoms with Crippen molar-refractivity contribution in [3.63, 3.8) is 0 Å². The summed E-state index contributed by atoms with van der Waals surface area (Å²) < 4.78 is 71.2. The van der Waals surface area contributed by atoms with Gasteiger partial charge in [0.15, 0.2) is 0 Å². The number of hydrogen-bond acceptors (Lipinski definition) is 5. The van der Waals surface area contributed by atoms with E-state index >= 15 is 4.39 Å². The number of aromatic nitrogens is 4. The molecule has 0 atom stereocenters. The quantitative estimate of drug-likeness (QED) is 0.210. The van der Waals surface area contributed by atoms with Gasteiger partial charge in [-0.3, -0.25) is 9.59 Å². The van der Waals surface area contributed by atoms with Crippen LogP contribution in [0.2, 0.25) is 0 Å². The molecule has 1 aromatic carbocycles. The molecule has 2 fully saturated rings. The molecule has 3 aromatic rings. The first-order valence-electron chi connectivity index (χ1n) is 15.0. The first kappa shape index (κ1) is 32.8. The van der Waals surface area contributed by atoms with E-state index in [4.69, 9.17) is 0 Å². The van der Waals surface area contributed by atoms with Crippen LogP contribution in [0.5, 0.6) is 0 Å². The molecule has 2 aliphatic rings. The maximum atomic E-state index is 15.2. The smallest absolute Gasteiger partial charge is 0.320 e. The number of hydrogen-bond donors (Lipinski definition) is 2. The Kier molecular flexibility index (Phi) is 8.25. The molecule has 0 aliphatic heterocycles. The van der Waals surface area contributed by atoms with E-state index in [0.717, 1.165) is 31.9 Å². The minimum absolute atomic E-state index is 0.0167. The first-order valence-corrected chi connectivity index (χ1v) is 15.0. The molecule has 0 radical (unpaired) electrons. The van der Waals surface area contributed by atoms with E-state index < -0.39 is 46.7 Å². The lowest BCUT2D eigenvalue weighted by molar-refractivity contribution is -0.141. The van der Waals surface area contributed by atoms with Crippen LogP contribution in [0.15, 0.2) is 41.6 Å². The fraction of sp³-hybridized carbons (Fsp3) is 0.562. The number of alkyl halides is 4. The molecule has 5 rings (SSSR count).